The fraction of sp³-hybridized carbons (Fsp3) is 0.300. The zero-order chi connectivity index (χ0) is 18.1. The topological polar surface area (TPSA) is 68.1 Å². The van der Waals surface area contributed by atoms with Crippen LogP contribution in [0.5, 0.6) is 0 Å². The molecular weight excluding hydrogens is 328 g/mol. The summed E-state index contributed by atoms with van der Waals surface area (Å²) < 4.78 is 1.15. The van der Waals surface area contributed by atoms with Crippen LogP contribution in [0, 0.1) is 0 Å². The molecule has 0 aliphatic heterocycles. The second-order valence-electron chi connectivity index (χ2n) is 6.68. The fourth-order valence-corrected chi connectivity index (χ4v) is 3.67. The van der Waals surface area contributed by atoms with Gasteiger partial charge in [-0.15, -0.1) is 5.10 Å². The molecule has 1 atom stereocenters. The molecule has 1 heterocycles. The van der Waals surface area contributed by atoms with Gasteiger partial charge in [0.1, 0.15) is 12.1 Å². The number of aryl methyl sites for hydroxylation is 1. The second-order valence-corrected chi connectivity index (χ2v) is 6.68. The standard InChI is InChI=1S/C20H20N4O2/c1-23(18-12-6-8-14-7-2-3-9-15(14)18)19(25)13-24-20(26)16-10-4-5-11-17(16)21-22-24/h2-5,7,9-11,18H,6,8,12-13H2,1H3/t18-/m0/s1. The van der Waals surface area contributed by atoms with Crippen LogP contribution in [0.25, 0.3) is 10.9 Å². The highest BCUT2D eigenvalue weighted by Crippen LogP contribution is 2.33. The van der Waals surface area contributed by atoms with E-state index < -0.39 is 0 Å². The van der Waals surface area contributed by atoms with Crippen molar-refractivity contribution in [3.63, 3.8) is 0 Å². The van der Waals surface area contributed by atoms with Crippen molar-refractivity contribution in [3.05, 3.63) is 70.0 Å². The summed E-state index contributed by atoms with van der Waals surface area (Å²) >= 11 is 0. The Morgan fingerprint density at radius 3 is 2.85 bits per heavy atom. The Balaban J connectivity index is 1.59. The van der Waals surface area contributed by atoms with Crippen LogP contribution in [0.4, 0.5) is 0 Å². The van der Waals surface area contributed by atoms with Crippen LogP contribution in [0.1, 0.15) is 30.0 Å². The molecule has 0 fully saturated rings. The maximum absolute atomic E-state index is 12.8. The summed E-state index contributed by atoms with van der Waals surface area (Å²) in [6, 6.07) is 15.3. The maximum atomic E-state index is 12.8. The third-order valence-electron chi connectivity index (χ3n) is 5.11. The molecule has 2 aromatic carbocycles. The molecule has 1 aliphatic carbocycles. The molecule has 0 bridgehead atoms. The minimum atomic E-state index is -0.290. The lowest BCUT2D eigenvalue weighted by Gasteiger charge is -2.33. The summed E-state index contributed by atoms with van der Waals surface area (Å²) in [5.41, 5.74) is 2.75. The molecule has 1 aromatic heterocycles. The number of hydrogen-bond acceptors (Lipinski definition) is 4. The number of nitrogens with zero attached hydrogens (tertiary/aromatic N) is 4. The van der Waals surface area contributed by atoms with Crippen molar-refractivity contribution in [3.8, 4) is 0 Å². The minimum Gasteiger partial charge on any atom is -0.337 e. The number of aromatic nitrogens is 3. The van der Waals surface area contributed by atoms with Crippen LogP contribution in [0.3, 0.4) is 0 Å². The van der Waals surface area contributed by atoms with E-state index in [0.717, 1.165) is 23.9 Å². The molecule has 0 saturated heterocycles. The molecule has 0 spiro atoms. The number of benzene rings is 2. The molecule has 0 unspecified atom stereocenters. The third kappa shape index (κ3) is 2.87. The number of rotatable bonds is 3. The van der Waals surface area contributed by atoms with Gasteiger partial charge in [-0.2, -0.15) is 0 Å². The van der Waals surface area contributed by atoms with E-state index in [1.807, 2.05) is 12.1 Å². The number of fused-ring (bicyclic) bond motifs is 2. The van der Waals surface area contributed by atoms with Gasteiger partial charge in [-0.05, 0) is 42.5 Å². The molecular formula is C20H20N4O2. The fourth-order valence-electron chi connectivity index (χ4n) is 3.67. The maximum Gasteiger partial charge on any atom is 0.278 e. The monoisotopic (exact) mass is 348 g/mol. The first-order chi connectivity index (χ1) is 12.6. The van der Waals surface area contributed by atoms with Gasteiger partial charge in [0, 0.05) is 7.05 Å². The predicted octanol–water partition coefficient (Wildman–Crippen LogP) is 2.33. The van der Waals surface area contributed by atoms with Crippen molar-refractivity contribution in [2.24, 2.45) is 0 Å². The summed E-state index contributed by atoms with van der Waals surface area (Å²) in [7, 11) is 1.80. The molecule has 132 valence electrons. The zero-order valence-electron chi connectivity index (χ0n) is 14.6. The highest BCUT2D eigenvalue weighted by molar-refractivity contribution is 5.78. The van der Waals surface area contributed by atoms with E-state index >= 15 is 0 Å². The minimum absolute atomic E-state index is 0.0385. The van der Waals surface area contributed by atoms with Gasteiger partial charge < -0.3 is 4.90 Å². The largest absolute Gasteiger partial charge is 0.337 e. The van der Waals surface area contributed by atoms with Crippen molar-refractivity contribution in [1.29, 1.82) is 0 Å². The molecule has 26 heavy (non-hydrogen) atoms. The average molecular weight is 348 g/mol. The van der Waals surface area contributed by atoms with Crippen LogP contribution < -0.4 is 5.56 Å². The molecule has 1 amide bonds. The highest BCUT2D eigenvalue weighted by Gasteiger charge is 2.26. The van der Waals surface area contributed by atoms with Gasteiger partial charge >= 0.3 is 0 Å². The summed E-state index contributed by atoms with van der Waals surface area (Å²) in [5, 5.41) is 8.44. The first-order valence-electron chi connectivity index (χ1n) is 8.81. The van der Waals surface area contributed by atoms with Gasteiger partial charge in [-0.25, -0.2) is 4.68 Å². The zero-order valence-corrected chi connectivity index (χ0v) is 14.6. The Kier molecular flexibility index (Phi) is 4.24. The quantitative estimate of drug-likeness (QED) is 0.728. The molecule has 0 radical (unpaired) electrons. The number of carbonyl (C=O) groups excluding carboxylic acids is 1. The van der Waals surface area contributed by atoms with Gasteiger partial charge in [-0.3, -0.25) is 9.59 Å². The lowest BCUT2D eigenvalue weighted by atomic mass is 9.87. The van der Waals surface area contributed by atoms with Gasteiger partial charge in [0.2, 0.25) is 5.91 Å². The molecule has 1 aliphatic rings. The second kappa shape index (κ2) is 6.71. The molecule has 4 rings (SSSR count). The first-order valence-corrected chi connectivity index (χ1v) is 8.81. The van der Waals surface area contributed by atoms with E-state index in [9.17, 15) is 9.59 Å². The number of likely N-dealkylation sites (N-methyl/N-ethyl adjacent to an activating group) is 1. The van der Waals surface area contributed by atoms with Crippen molar-refractivity contribution in [1.82, 2.24) is 19.9 Å². The average Bonchev–Trinajstić information content (AvgIpc) is 2.69. The number of hydrogen-bond donors (Lipinski definition) is 0. The highest BCUT2D eigenvalue weighted by atomic mass is 16.2. The molecule has 3 aromatic rings. The summed E-state index contributed by atoms with van der Waals surface area (Å²) in [5.74, 6) is -0.140. The van der Waals surface area contributed by atoms with E-state index in [0.29, 0.717) is 10.9 Å². The summed E-state index contributed by atoms with van der Waals surface area (Å²) in [6.07, 6.45) is 3.02. The summed E-state index contributed by atoms with van der Waals surface area (Å²) in [6.45, 7) is -0.105. The van der Waals surface area contributed by atoms with Gasteiger partial charge in [-0.1, -0.05) is 41.6 Å². The van der Waals surface area contributed by atoms with Crippen molar-refractivity contribution >= 4 is 16.8 Å². The molecule has 0 N–H and O–H groups in total. The van der Waals surface area contributed by atoms with E-state index in [-0.39, 0.29) is 24.1 Å². The van der Waals surface area contributed by atoms with Crippen molar-refractivity contribution < 1.29 is 4.79 Å². The van der Waals surface area contributed by atoms with Crippen molar-refractivity contribution in [2.45, 2.75) is 31.8 Å². The summed E-state index contributed by atoms with van der Waals surface area (Å²) in [4.78, 5) is 27.1. The van der Waals surface area contributed by atoms with Crippen LogP contribution in [-0.4, -0.2) is 32.8 Å². The molecule has 6 heteroatoms. The van der Waals surface area contributed by atoms with Crippen LogP contribution in [-0.2, 0) is 17.8 Å². The predicted molar refractivity (Wildman–Crippen MR) is 98.7 cm³/mol. The van der Waals surface area contributed by atoms with Crippen LogP contribution >= 0.6 is 0 Å². The Bertz CT molecular complexity index is 1030. The normalized spacial score (nSPS) is 16.3. The third-order valence-corrected chi connectivity index (χ3v) is 5.11. The molecule has 0 saturated carbocycles. The number of carbonyl (C=O) groups is 1. The van der Waals surface area contributed by atoms with Gasteiger partial charge in [0.25, 0.3) is 5.56 Å². The van der Waals surface area contributed by atoms with E-state index in [4.69, 9.17) is 0 Å². The lowest BCUT2D eigenvalue weighted by Crippen LogP contribution is -2.38. The Morgan fingerprint density at radius 1 is 1.19 bits per heavy atom. The Labute approximate surface area is 151 Å². The van der Waals surface area contributed by atoms with E-state index in [1.165, 1.54) is 11.1 Å². The number of amides is 1. The van der Waals surface area contributed by atoms with Crippen molar-refractivity contribution in [2.75, 3.05) is 7.05 Å². The lowest BCUT2D eigenvalue weighted by molar-refractivity contribution is -0.133. The Hall–Kier alpha value is -3.02. The van der Waals surface area contributed by atoms with Gasteiger partial charge in [0.15, 0.2) is 0 Å². The van der Waals surface area contributed by atoms with E-state index in [1.54, 1.807) is 36.2 Å². The van der Waals surface area contributed by atoms with E-state index in [2.05, 4.69) is 22.4 Å². The SMILES string of the molecule is CN(C(=O)Cn1nnc2ccccc2c1=O)[C@H]1CCCc2ccccc21. The smallest absolute Gasteiger partial charge is 0.278 e. The van der Waals surface area contributed by atoms with Gasteiger partial charge in [0.05, 0.1) is 11.4 Å². The van der Waals surface area contributed by atoms with Crippen LogP contribution in [0.2, 0.25) is 0 Å². The first kappa shape index (κ1) is 16.4. The van der Waals surface area contributed by atoms with Crippen LogP contribution in [0.15, 0.2) is 53.3 Å². The molecule has 6 nitrogen and oxygen atoms in total. The Morgan fingerprint density at radius 2 is 1.96 bits per heavy atom.